The number of carbonyl (C=O) groups is 3. The van der Waals surface area contributed by atoms with Crippen molar-refractivity contribution >= 4 is 29.2 Å². The quantitative estimate of drug-likeness (QED) is 0.736. The topological polar surface area (TPSA) is 77.2 Å². The van der Waals surface area contributed by atoms with E-state index in [0.29, 0.717) is 21.6 Å². The zero-order valence-electron chi connectivity index (χ0n) is 11.2. The van der Waals surface area contributed by atoms with Crippen LogP contribution in [-0.4, -0.2) is 23.7 Å². The minimum Gasteiger partial charge on any atom is -0.366 e. The van der Waals surface area contributed by atoms with Crippen LogP contribution in [-0.2, 0) is 0 Å². The zero-order chi connectivity index (χ0) is 15.1. The van der Waals surface area contributed by atoms with Crippen LogP contribution in [0, 0.1) is 0 Å². The Kier molecular flexibility index (Phi) is 3.14. The van der Waals surface area contributed by atoms with Gasteiger partial charge >= 0.3 is 0 Å². The van der Waals surface area contributed by atoms with E-state index in [-0.39, 0.29) is 22.7 Å². The van der Waals surface area contributed by atoms with E-state index in [9.17, 15) is 14.4 Å². The summed E-state index contributed by atoms with van der Waals surface area (Å²) in [6, 6.07) is 9.71. The van der Waals surface area contributed by atoms with E-state index in [1.165, 1.54) is 23.9 Å². The SMILES string of the molecule is CSc1c(C(N)=O)ccc2c1C(=O)c1ccccc1C2=O. The summed E-state index contributed by atoms with van der Waals surface area (Å²) in [6.07, 6.45) is 1.75. The first kappa shape index (κ1) is 13.6. The predicted octanol–water partition coefficient (Wildman–Crippen LogP) is 2.28. The second kappa shape index (κ2) is 4.86. The molecule has 1 aliphatic carbocycles. The maximum absolute atomic E-state index is 12.7. The normalized spacial score (nSPS) is 12.8. The van der Waals surface area contributed by atoms with Crippen molar-refractivity contribution in [3.05, 3.63) is 64.2 Å². The van der Waals surface area contributed by atoms with Crippen LogP contribution in [0.2, 0.25) is 0 Å². The number of amides is 1. The molecule has 2 aromatic carbocycles. The average Bonchev–Trinajstić information content (AvgIpc) is 2.51. The molecule has 2 aromatic rings. The Labute approximate surface area is 125 Å². The van der Waals surface area contributed by atoms with Crippen molar-refractivity contribution in [1.82, 2.24) is 0 Å². The highest BCUT2D eigenvalue weighted by Crippen LogP contribution is 2.35. The van der Waals surface area contributed by atoms with Crippen molar-refractivity contribution < 1.29 is 14.4 Å². The number of fused-ring (bicyclic) bond motifs is 2. The first-order valence-electron chi connectivity index (χ1n) is 6.25. The Morgan fingerprint density at radius 3 is 2.14 bits per heavy atom. The van der Waals surface area contributed by atoms with Gasteiger partial charge in [0.05, 0.1) is 5.56 Å². The van der Waals surface area contributed by atoms with Gasteiger partial charge in [-0.3, -0.25) is 14.4 Å². The Bertz CT molecular complexity index is 811. The number of carbonyl (C=O) groups excluding carboxylic acids is 3. The van der Waals surface area contributed by atoms with E-state index in [4.69, 9.17) is 5.73 Å². The maximum Gasteiger partial charge on any atom is 0.249 e. The molecule has 0 bridgehead atoms. The largest absolute Gasteiger partial charge is 0.366 e. The number of hydrogen-bond donors (Lipinski definition) is 1. The monoisotopic (exact) mass is 297 g/mol. The minimum absolute atomic E-state index is 0.202. The maximum atomic E-state index is 12.7. The molecule has 4 nitrogen and oxygen atoms in total. The van der Waals surface area contributed by atoms with Gasteiger partial charge in [0, 0.05) is 27.1 Å². The average molecular weight is 297 g/mol. The molecule has 3 rings (SSSR count). The molecule has 0 saturated heterocycles. The first-order chi connectivity index (χ1) is 10.1. The lowest BCUT2D eigenvalue weighted by Crippen LogP contribution is -2.24. The van der Waals surface area contributed by atoms with Gasteiger partial charge in [-0.2, -0.15) is 0 Å². The third kappa shape index (κ3) is 1.89. The van der Waals surface area contributed by atoms with E-state index in [2.05, 4.69) is 0 Å². The van der Waals surface area contributed by atoms with Gasteiger partial charge < -0.3 is 5.73 Å². The van der Waals surface area contributed by atoms with Crippen molar-refractivity contribution in [3.63, 3.8) is 0 Å². The molecular formula is C16H11NO3S. The summed E-state index contributed by atoms with van der Waals surface area (Å²) >= 11 is 1.24. The molecule has 0 spiro atoms. The predicted molar refractivity (Wildman–Crippen MR) is 80.0 cm³/mol. The molecular weight excluding hydrogens is 286 g/mol. The summed E-state index contributed by atoms with van der Waals surface area (Å²) in [5.41, 5.74) is 6.99. The Balaban J connectivity index is 2.35. The van der Waals surface area contributed by atoms with E-state index in [0.717, 1.165) is 0 Å². The Morgan fingerprint density at radius 1 is 0.952 bits per heavy atom. The van der Waals surface area contributed by atoms with Crippen LogP contribution >= 0.6 is 11.8 Å². The third-order valence-electron chi connectivity index (χ3n) is 3.52. The summed E-state index contributed by atoms with van der Waals surface area (Å²) in [6.45, 7) is 0. The van der Waals surface area contributed by atoms with Gasteiger partial charge in [0.2, 0.25) is 5.91 Å². The van der Waals surface area contributed by atoms with Gasteiger partial charge in [-0.05, 0) is 18.4 Å². The number of primary amides is 1. The van der Waals surface area contributed by atoms with Crippen molar-refractivity contribution in [3.8, 4) is 0 Å². The van der Waals surface area contributed by atoms with E-state index >= 15 is 0 Å². The van der Waals surface area contributed by atoms with E-state index in [1.54, 1.807) is 30.5 Å². The summed E-state index contributed by atoms with van der Waals surface area (Å²) in [4.78, 5) is 37.2. The lowest BCUT2D eigenvalue weighted by Gasteiger charge is -2.20. The van der Waals surface area contributed by atoms with E-state index in [1.807, 2.05) is 0 Å². The molecule has 21 heavy (non-hydrogen) atoms. The molecule has 0 unspecified atom stereocenters. The highest BCUT2D eigenvalue weighted by molar-refractivity contribution is 7.98. The Hall–Kier alpha value is -2.40. The van der Waals surface area contributed by atoms with Gasteiger partial charge in [-0.1, -0.05) is 24.3 Å². The minimum atomic E-state index is -0.610. The van der Waals surface area contributed by atoms with Crippen molar-refractivity contribution in [2.24, 2.45) is 5.73 Å². The molecule has 104 valence electrons. The third-order valence-corrected chi connectivity index (χ3v) is 4.35. The van der Waals surface area contributed by atoms with Crippen LogP contribution in [0.3, 0.4) is 0 Å². The number of thioether (sulfide) groups is 1. The Morgan fingerprint density at radius 2 is 1.57 bits per heavy atom. The smallest absolute Gasteiger partial charge is 0.249 e. The molecule has 1 amide bonds. The standard InChI is InChI=1S/C16H11NO3S/c1-21-15-11(16(17)20)7-6-10-12(15)14(19)9-5-3-2-4-8(9)13(10)18/h2-7H,1H3,(H2,17,20). The number of nitrogens with two attached hydrogens (primary N) is 1. The summed E-state index contributed by atoms with van der Waals surface area (Å²) in [5.74, 6) is -1.06. The van der Waals surface area contributed by atoms with Gasteiger partial charge in [0.25, 0.3) is 0 Å². The number of ketones is 2. The second-order valence-electron chi connectivity index (χ2n) is 4.64. The fraction of sp³-hybridized carbons (Fsp3) is 0.0625. The number of rotatable bonds is 2. The van der Waals surface area contributed by atoms with Crippen LogP contribution in [0.25, 0.3) is 0 Å². The highest BCUT2D eigenvalue weighted by atomic mass is 32.2. The van der Waals surface area contributed by atoms with E-state index < -0.39 is 5.91 Å². The van der Waals surface area contributed by atoms with Crippen molar-refractivity contribution in [2.75, 3.05) is 6.26 Å². The second-order valence-corrected chi connectivity index (χ2v) is 5.45. The van der Waals surface area contributed by atoms with Crippen LogP contribution < -0.4 is 5.73 Å². The molecule has 0 fully saturated rings. The molecule has 0 saturated carbocycles. The lowest BCUT2D eigenvalue weighted by molar-refractivity contribution is 0.0973. The summed E-state index contributed by atoms with van der Waals surface area (Å²) < 4.78 is 0. The highest BCUT2D eigenvalue weighted by Gasteiger charge is 2.32. The van der Waals surface area contributed by atoms with Crippen LogP contribution in [0.1, 0.15) is 42.2 Å². The van der Waals surface area contributed by atoms with Gasteiger partial charge in [-0.25, -0.2) is 0 Å². The first-order valence-corrected chi connectivity index (χ1v) is 7.48. The molecule has 1 aliphatic rings. The fourth-order valence-electron chi connectivity index (χ4n) is 2.56. The number of benzene rings is 2. The molecule has 0 radical (unpaired) electrons. The van der Waals surface area contributed by atoms with Crippen molar-refractivity contribution in [2.45, 2.75) is 4.90 Å². The lowest BCUT2D eigenvalue weighted by atomic mass is 9.83. The molecule has 5 heteroatoms. The van der Waals surface area contributed by atoms with Gasteiger partial charge in [0.15, 0.2) is 11.6 Å². The van der Waals surface area contributed by atoms with Crippen LogP contribution in [0.4, 0.5) is 0 Å². The van der Waals surface area contributed by atoms with Crippen LogP contribution in [0.15, 0.2) is 41.3 Å². The molecule has 2 N–H and O–H groups in total. The molecule has 0 aromatic heterocycles. The summed E-state index contributed by atoms with van der Waals surface area (Å²) in [7, 11) is 0. The van der Waals surface area contributed by atoms with Crippen molar-refractivity contribution in [1.29, 1.82) is 0 Å². The molecule has 0 atom stereocenters. The molecule has 0 aliphatic heterocycles. The molecule has 0 heterocycles. The summed E-state index contributed by atoms with van der Waals surface area (Å²) in [5, 5.41) is 0. The van der Waals surface area contributed by atoms with Gasteiger partial charge in [0.1, 0.15) is 0 Å². The fourth-order valence-corrected chi connectivity index (χ4v) is 3.36. The number of hydrogen-bond acceptors (Lipinski definition) is 4. The van der Waals surface area contributed by atoms with Crippen LogP contribution in [0.5, 0.6) is 0 Å². The zero-order valence-corrected chi connectivity index (χ0v) is 12.0. The van der Waals surface area contributed by atoms with Gasteiger partial charge in [-0.15, -0.1) is 11.8 Å².